The number of imidazole rings is 1. The predicted octanol–water partition coefficient (Wildman–Crippen LogP) is 3.60. The number of fused-ring (bicyclic) bond motifs is 1. The lowest BCUT2D eigenvalue weighted by atomic mass is 9.92. The quantitative estimate of drug-likeness (QED) is 0.738. The zero-order valence-corrected chi connectivity index (χ0v) is 14.9. The van der Waals surface area contributed by atoms with Crippen molar-refractivity contribution in [3.8, 4) is 17.3 Å². The zero-order chi connectivity index (χ0) is 18.1. The van der Waals surface area contributed by atoms with Crippen LogP contribution in [-0.4, -0.2) is 26.5 Å². The fourth-order valence-corrected chi connectivity index (χ4v) is 3.53. The first-order chi connectivity index (χ1) is 12.6. The molecule has 3 aromatic rings. The normalized spacial score (nSPS) is 20.0. The Labute approximate surface area is 156 Å². The highest BCUT2D eigenvalue weighted by molar-refractivity contribution is 6.30. The molecule has 0 amide bonds. The van der Waals surface area contributed by atoms with E-state index in [0.29, 0.717) is 28.6 Å². The number of benzene rings is 1. The highest BCUT2D eigenvalue weighted by atomic mass is 35.5. The lowest BCUT2D eigenvalue weighted by Gasteiger charge is -2.27. The van der Waals surface area contributed by atoms with Crippen molar-refractivity contribution in [1.29, 1.82) is 5.26 Å². The molecule has 3 N–H and O–H groups in total. The molecule has 0 bridgehead atoms. The first kappa shape index (κ1) is 16.8. The van der Waals surface area contributed by atoms with Crippen molar-refractivity contribution in [1.82, 2.24) is 14.4 Å². The Balaban J connectivity index is 1.72. The summed E-state index contributed by atoms with van der Waals surface area (Å²) in [7, 11) is 0. The summed E-state index contributed by atoms with van der Waals surface area (Å²) in [6.45, 7) is 0. The largest absolute Gasteiger partial charge is 0.378 e. The van der Waals surface area contributed by atoms with E-state index in [1.54, 1.807) is 10.6 Å². The van der Waals surface area contributed by atoms with Gasteiger partial charge in [-0.2, -0.15) is 5.26 Å². The van der Waals surface area contributed by atoms with Gasteiger partial charge in [0.15, 0.2) is 5.65 Å². The smallest absolute Gasteiger partial charge is 0.218 e. The summed E-state index contributed by atoms with van der Waals surface area (Å²) in [6, 6.07) is 10.3. The van der Waals surface area contributed by atoms with Gasteiger partial charge in [-0.05, 0) is 37.8 Å². The van der Waals surface area contributed by atoms with E-state index in [4.69, 9.17) is 22.3 Å². The Morgan fingerprint density at radius 2 is 1.92 bits per heavy atom. The third-order valence-corrected chi connectivity index (χ3v) is 5.11. The molecule has 0 radical (unpaired) electrons. The summed E-state index contributed by atoms with van der Waals surface area (Å²) in [5.74, 6) is 0.309. The van der Waals surface area contributed by atoms with Gasteiger partial charge in [0.25, 0.3) is 0 Å². The van der Waals surface area contributed by atoms with Crippen LogP contribution in [0, 0.1) is 11.3 Å². The Kier molecular flexibility index (Phi) is 4.49. The Morgan fingerprint density at radius 3 is 2.62 bits per heavy atom. The fraction of sp³-hybridized carbons (Fsp3) is 0.316. The second-order valence-corrected chi connectivity index (χ2v) is 7.13. The number of hydrogen-bond donors (Lipinski definition) is 2. The molecule has 26 heavy (non-hydrogen) atoms. The highest BCUT2D eigenvalue weighted by Gasteiger charge is 2.20. The van der Waals surface area contributed by atoms with Gasteiger partial charge in [0.05, 0.1) is 17.6 Å². The summed E-state index contributed by atoms with van der Waals surface area (Å²) < 4.78 is 1.74. The maximum Gasteiger partial charge on any atom is 0.218 e. The Bertz CT molecular complexity index is 964. The van der Waals surface area contributed by atoms with E-state index in [2.05, 4.69) is 16.4 Å². The number of anilines is 1. The second-order valence-electron chi connectivity index (χ2n) is 6.69. The lowest BCUT2D eigenvalue weighted by molar-refractivity contribution is 0.411. The topological polar surface area (TPSA) is 92.0 Å². The van der Waals surface area contributed by atoms with Gasteiger partial charge in [-0.3, -0.25) is 4.40 Å². The van der Waals surface area contributed by atoms with Gasteiger partial charge in [0.1, 0.15) is 6.07 Å². The highest BCUT2D eigenvalue weighted by Crippen LogP contribution is 2.27. The summed E-state index contributed by atoms with van der Waals surface area (Å²) in [5, 5.41) is 13.6. The van der Waals surface area contributed by atoms with Gasteiger partial charge in [0.2, 0.25) is 5.82 Å². The van der Waals surface area contributed by atoms with E-state index in [-0.39, 0.29) is 0 Å². The number of rotatable bonds is 3. The van der Waals surface area contributed by atoms with Crippen LogP contribution < -0.4 is 11.1 Å². The number of aromatic nitrogens is 3. The Hall–Kier alpha value is -2.62. The maximum absolute atomic E-state index is 9.38. The molecule has 0 aliphatic heterocycles. The van der Waals surface area contributed by atoms with E-state index in [1.165, 1.54) is 0 Å². The van der Waals surface area contributed by atoms with Crippen LogP contribution >= 0.6 is 11.6 Å². The van der Waals surface area contributed by atoms with Crippen LogP contribution in [0.25, 0.3) is 16.9 Å². The molecule has 1 aromatic carbocycles. The second kappa shape index (κ2) is 6.94. The number of nitriles is 1. The molecule has 2 aromatic heterocycles. The monoisotopic (exact) mass is 366 g/mol. The van der Waals surface area contributed by atoms with Crippen molar-refractivity contribution >= 4 is 22.9 Å². The molecule has 132 valence electrons. The maximum atomic E-state index is 9.38. The first-order valence-corrected chi connectivity index (χ1v) is 9.08. The van der Waals surface area contributed by atoms with E-state index >= 15 is 0 Å². The van der Waals surface area contributed by atoms with Crippen LogP contribution in [0.1, 0.15) is 31.5 Å². The van der Waals surface area contributed by atoms with Gasteiger partial charge in [0, 0.05) is 28.9 Å². The van der Waals surface area contributed by atoms with Crippen molar-refractivity contribution in [2.24, 2.45) is 5.73 Å². The van der Waals surface area contributed by atoms with E-state index in [1.807, 2.05) is 30.5 Å². The summed E-state index contributed by atoms with van der Waals surface area (Å²) in [5.41, 5.74) is 9.26. The molecule has 1 saturated carbocycles. The Morgan fingerprint density at radius 1 is 1.19 bits per heavy atom. The van der Waals surface area contributed by atoms with Gasteiger partial charge in [-0.1, -0.05) is 23.7 Å². The lowest BCUT2D eigenvalue weighted by Crippen LogP contribution is -2.33. The van der Waals surface area contributed by atoms with Crippen LogP contribution in [-0.2, 0) is 0 Å². The van der Waals surface area contributed by atoms with Crippen molar-refractivity contribution < 1.29 is 0 Å². The summed E-state index contributed by atoms with van der Waals surface area (Å²) in [6.07, 6.45) is 7.62. The third-order valence-electron chi connectivity index (χ3n) is 4.86. The molecule has 0 saturated heterocycles. The molecule has 0 spiro atoms. The number of hydrogen-bond acceptors (Lipinski definition) is 5. The van der Waals surface area contributed by atoms with Crippen LogP contribution in [0.3, 0.4) is 0 Å². The molecule has 4 rings (SSSR count). The molecule has 7 heteroatoms. The van der Waals surface area contributed by atoms with E-state index in [0.717, 1.165) is 42.6 Å². The van der Waals surface area contributed by atoms with Crippen molar-refractivity contribution in [3.63, 3.8) is 0 Å². The molecule has 1 aliphatic carbocycles. The minimum absolute atomic E-state index is 0.301. The molecule has 0 atom stereocenters. The molecular weight excluding hydrogens is 348 g/mol. The van der Waals surface area contributed by atoms with Gasteiger partial charge in [-0.25, -0.2) is 9.97 Å². The average molecular weight is 367 g/mol. The fourth-order valence-electron chi connectivity index (χ4n) is 3.41. The average Bonchev–Trinajstić information content (AvgIpc) is 3.10. The number of nitrogens with two attached hydrogens (primary N) is 1. The first-order valence-electron chi connectivity index (χ1n) is 8.70. The number of nitrogens with one attached hydrogen (secondary N) is 1. The van der Waals surface area contributed by atoms with Gasteiger partial charge < -0.3 is 11.1 Å². The summed E-state index contributed by atoms with van der Waals surface area (Å²) >= 11 is 5.97. The molecule has 0 unspecified atom stereocenters. The zero-order valence-electron chi connectivity index (χ0n) is 14.2. The number of nitrogens with zero attached hydrogens (tertiary/aromatic N) is 4. The standard InChI is InChI=1S/C19H19ClN6/c20-13-3-1-12(2-4-13)17-11-26-18(9-21)23-10-16(19(26)25-17)24-15-7-5-14(22)6-8-15/h1-4,10-11,14-15,24H,5-8,22H2. The van der Waals surface area contributed by atoms with Crippen LogP contribution in [0.4, 0.5) is 5.69 Å². The van der Waals surface area contributed by atoms with Crippen molar-refractivity contribution in [3.05, 3.63) is 47.5 Å². The molecular formula is C19H19ClN6. The minimum atomic E-state index is 0.301. The van der Waals surface area contributed by atoms with Crippen molar-refractivity contribution in [2.75, 3.05) is 5.32 Å². The van der Waals surface area contributed by atoms with Crippen LogP contribution in [0.5, 0.6) is 0 Å². The van der Waals surface area contributed by atoms with E-state index in [9.17, 15) is 5.26 Å². The molecule has 1 aliphatic rings. The summed E-state index contributed by atoms with van der Waals surface area (Å²) in [4.78, 5) is 9.02. The molecule has 1 fully saturated rings. The molecule has 2 heterocycles. The van der Waals surface area contributed by atoms with Crippen LogP contribution in [0.2, 0.25) is 5.02 Å². The molecule has 6 nitrogen and oxygen atoms in total. The number of halogens is 1. The SMILES string of the molecule is N#Cc1ncc(NC2CCC(N)CC2)c2nc(-c3ccc(Cl)cc3)cn12. The van der Waals surface area contributed by atoms with Gasteiger partial charge in [-0.15, -0.1) is 0 Å². The van der Waals surface area contributed by atoms with E-state index < -0.39 is 0 Å². The third kappa shape index (κ3) is 3.24. The van der Waals surface area contributed by atoms with Crippen LogP contribution in [0.15, 0.2) is 36.7 Å². The van der Waals surface area contributed by atoms with Gasteiger partial charge >= 0.3 is 0 Å². The predicted molar refractivity (Wildman–Crippen MR) is 102 cm³/mol. The minimum Gasteiger partial charge on any atom is -0.378 e. The van der Waals surface area contributed by atoms with Crippen molar-refractivity contribution in [2.45, 2.75) is 37.8 Å².